The lowest BCUT2D eigenvalue weighted by Crippen LogP contribution is -2.70. The second kappa shape index (κ2) is 6.06. The highest BCUT2D eigenvalue weighted by Gasteiger charge is 2.85. The lowest BCUT2D eigenvalue weighted by Gasteiger charge is -2.68. The van der Waals surface area contributed by atoms with Crippen LogP contribution in [0.5, 0.6) is 0 Å². The van der Waals surface area contributed by atoms with E-state index in [2.05, 4.69) is 6.92 Å². The van der Waals surface area contributed by atoms with Crippen molar-refractivity contribution in [1.82, 2.24) is 0 Å². The van der Waals surface area contributed by atoms with Crippen LogP contribution in [0.15, 0.2) is 0 Å². The molecule has 0 aromatic rings. The van der Waals surface area contributed by atoms with E-state index >= 15 is 0 Å². The molecule has 1 N–H and O–H groups in total. The van der Waals surface area contributed by atoms with Gasteiger partial charge in [0.2, 0.25) is 0 Å². The van der Waals surface area contributed by atoms with Crippen LogP contribution in [-0.2, 0) is 23.9 Å². The minimum Gasteiger partial charge on any atom is -0.468 e. The number of hydrogen-bond donors (Lipinski definition) is 1. The topological polar surface area (TPSA) is 97.7 Å². The Balaban J connectivity index is 1.97. The van der Waals surface area contributed by atoms with Crippen molar-refractivity contribution in [3.63, 3.8) is 0 Å². The van der Waals surface area contributed by atoms with E-state index < -0.39 is 44.8 Å². The molecule has 0 radical (unpaired) electrons. The highest BCUT2D eigenvalue weighted by molar-refractivity contribution is 6.28. The Hall–Kier alpha value is -1.56. The fourth-order valence-electron chi connectivity index (χ4n) is 9.20. The SMILES string of the molecule is COC(=O)[C@@]12C(=O)[C@@](C)(O)C(=O)[C@]1(C)CC[C@H]1[C@]3(C)CCC(=O)C(C)(C)[C@H]3CC[C@@]12C. The molecule has 0 heterocycles. The smallest absolute Gasteiger partial charge is 0.321 e. The van der Waals surface area contributed by atoms with Gasteiger partial charge in [-0.1, -0.05) is 34.6 Å². The summed E-state index contributed by atoms with van der Waals surface area (Å²) in [7, 11) is 1.25. The molecule has 0 aromatic heterocycles. The van der Waals surface area contributed by atoms with E-state index in [4.69, 9.17) is 4.74 Å². The van der Waals surface area contributed by atoms with Crippen LogP contribution in [0.2, 0.25) is 0 Å². The average molecular weight is 433 g/mol. The molecular weight excluding hydrogens is 396 g/mol. The predicted molar refractivity (Wildman–Crippen MR) is 113 cm³/mol. The lowest BCUT2D eigenvalue weighted by atomic mass is 9.33. The number of methoxy groups -OCH3 is 1. The maximum absolute atomic E-state index is 13.9. The molecule has 0 bridgehead atoms. The third-order valence-corrected chi connectivity index (χ3v) is 10.6. The summed E-state index contributed by atoms with van der Waals surface area (Å²) in [4.78, 5) is 53.6. The van der Waals surface area contributed by atoms with Gasteiger partial charge in [-0.15, -0.1) is 0 Å². The normalized spacial score (nSPS) is 51.0. The molecule has 0 spiro atoms. The minimum absolute atomic E-state index is 0.0380. The summed E-state index contributed by atoms with van der Waals surface area (Å²) in [6.07, 6.45) is 3.46. The zero-order chi connectivity index (χ0) is 23.4. The molecule has 7 atom stereocenters. The molecule has 4 aliphatic rings. The quantitative estimate of drug-likeness (QED) is 0.504. The van der Waals surface area contributed by atoms with E-state index in [1.54, 1.807) is 6.92 Å². The number of carbonyl (C=O) groups is 4. The van der Waals surface area contributed by atoms with Crippen molar-refractivity contribution in [1.29, 1.82) is 0 Å². The Morgan fingerprint density at radius 2 is 1.48 bits per heavy atom. The van der Waals surface area contributed by atoms with Gasteiger partial charge in [0.15, 0.2) is 17.2 Å². The highest BCUT2D eigenvalue weighted by atomic mass is 16.5. The van der Waals surface area contributed by atoms with Crippen LogP contribution in [0, 0.1) is 38.9 Å². The van der Waals surface area contributed by atoms with Crippen molar-refractivity contribution < 1.29 is 29.0 Å². The van der Waals surface area contributed by atoms with Gasteiger partial charge >= 0.3 is 5.97 Å². The summed E-state index contributed by atoms with van der Waals surface area (Å²) in [6.45, 7) is 11.1. The van der Waals surface area contributed by atoms with Gasteiger partial charge in [-0.3, -0.25) is 19.2 Å². The van der Waals surface area contributed by atoms with E-state index in [1.807, 2.05) is 20.8 Å². The maximum atomic E-state index is 13.9. The largest absolute Gasteiger partial charge is 0.468 e. The Labute approximate surface area is 184 Å². The van der Waals surface area contributed by atoms with Crippen LogP contribution in [0.25, 0.3) is 0 Å². The molecule has 6 heteroatoms. The third kappa shape index (κ3) is 2.14. The number of rotatable bonds is 1. The van der Waals surface area contributed by atoms with Crippen molar-refractivity contribution in [2.75, 3.05) is 7.11 Å². The maximum Gasteiger partial charge on any atom is 0.321 e. The first-order chi connectivity index (χ1) is 14.1. The number of Topliss-reactive ketones (excluding diaryl/α,β-unsaturated/α-hetero) is 3. The Morgan fingerprint density at radius 1 is 0.903 bits per heavy atom. The fourth-order valence-corrected chi connectivity index (χ4v) is 9.20. The van der Waals surface area contributed by atoms with E-state index in [0.29, 0.717) is 38.5 Å². The molecule has 4 fully saturated rings. The van der Waals surface area contributed by atoms with Gasteiger partial charge < -0.3 is 9.84 Å². The molecule has 0 amide bonds. The number of esters is 1. The van der Waals surface area contributed by atoms with Gasteiger partial charge in [0, 0.05) is 11.8 Å². The van der Waals surface area contributed by atoms with Gasteiger partial charge in [0.25, 0.3) is 0 Å². The van der Waals surface area contributed by atoms with Crippen molar-refractivity contribution in [3.8, 4) is 0 Å². The van der Waals surface area contributed by atoms with Crippen molar-refractivity contribution in [2.45, 2.75) is 85.7 Å². The van der Waals surface area contributed by atoms with Gasteiger partial charge in [-0.05, 0) is 61.7 Å². The van der Waals surface area contributed by atoms with Gasteiger partial charge in [-0.2, -0.15) is 0 Å². The fraction of sp³-hybridized carbons (Fsp3) is 0.840. The number of aliphatic hydroxyl groups is 1. The molecule has 0 aromatic carbocycles. The molecule has 4 aliphatic carbocycles. The van der Waals surface area contributed by atoms with Crippen LogP contribution in [0.1, 0.15) is 80.1 Å². The first-order valence-electron chi connectivity index (χ1n) is 11.5. The average Bonchev–Trinajstić information content (AvgIpc) is 2.81. The van der Waals surface area contributed by atoms with Crippen LogP contribution >= 0.6 is 0 Å². The van der Waals surface area contributed by atoms with Crippen LogP contribution in [0.4, 0.5) is 0 Å². The van der Waals surface area contributed by atoms with E-state index in [9.17, 15) is 24.3 Å². The number of hydrogen-bond acceptors (Lipinski definition) is 6. The molecule has 0 saturated heterocycles. The van der Waals surface area contributed by atoms with E-state index in [-0.39, 0.29) is 23.0 Å². The summed E-state index contributed by atoms with van der Waals surface area (Å²) in [6, 6.07) is 0. The van der Waals surface area contributed by atoms with Gasteiger partial charge in [0.05, 0.1) is 12.5 Å². The summed E-state index contributed by atoms with van der Waals surface area (Å²) >= 11 is 0. The first-order valence-corrected chi connectivity index (χ1v) is 11.5. The number of fused-ring (bicyclic) bond motifs is 5. The zero-order valence-electron chi connectivity index (χ0n) is 19.9. The molecule has 31 heavy (non-hydrogen) atoms. The van der Waals surface area contributed by atoms with Crippen molar-refractivity contribution in [3.05, 3.63) is 0 Å². The van der Waals surface area contributed by atoms with Crippen molar-refractivity contribution in [2.24, 2.45) is 38.9 Å². The molecule has 172 valence electrons. The third-order valence-electron chi connectivity index (χ3n) is 10.6. The minimum atomic E-state index is -2.21. The summed E-state index contributed by atoms with van der Waals surface area (Å²) in [5, 5.41) is 11.0. The van der Waals surface area contributed by atoms with Crippen molar-refractivity contribution >= 4 is 23.3 Å². The van der Waals surface area contributed by atoms with E-state index in [0.717, 1.165) is 0 Å². The highest BCUT2D eigenvalue weighted by Crippen LogP contribution is 2.76. The number of ketones is 3. The monoisotopic (exact) mass is 432 g/mol. The van der Waals surface area contributed by atoms with E-state index in [1.165, 1.54) is 14.0 Å². The first kappa shape index (κ1) is 22.6. The van der Waals surface area contributed by atoms with Gasteiger partial charge in [-0.25, -0.2) is 0 Å². The lowest BCUT2D eigenvalue weighted by molar-refractivity contribution is -0.227. The van der Waals surface area contributed by atoms with Crippen LogP contribution in [0.3, 0.4) is 0 Å². The Morgan fingerprint density at radius 3 is 2.06 bits per heavy atom. The summed E-state index contributed by atoms with van der Waals surface area (Å²) in [5.74, 6) is -1.60. The second-order valence-electron chi connectivity index (χ2n) is 12.1. The number of carbonyl (C=O) groups excluding carboxylic acids is 4. The Bertz CT molecular complexity index is 902. The molecule has 4 rings (SSSR count). The van der Waals surface area contributed by atoms with Crippen LogP contribution in [-0.4, -0.2) is 41.1 Å². The number of ether oxygens (including phenoxy) is 1. The molecule has 0 unspecified atom stereocenters. The molecule has 0 aliphatic heterocycles. The predicted octanol–water partition coefficient (Wildman–Crippen LogP) is 3.28. The second-order valence-corrected chi connectivity index (χ2v) is 12.1. The van der Waals surface area contributed by atoms with Gasteiger partial charge in [0.1, 0.15) is 11.2 Å². The molecule has 4 saturated carbocycles. The Kier molecular flexibility index (Phi) is 4.42. The summed E-state index contributed by atoms with van der Waals surface area (Å²) in [5.41, 5.74) is -6.80. The summed E-state index contributed by atoms with van der Waals surface area (Å²) < 4.78 is 5.24. The van der Waals surface area contributed by atoms with Crippen LogP contribution < -0.4 is 0 Å². The zero-order valence-corrected chi connectivity index (χ0v) is 19.9. The molecule has 6 nitrogen and oxygen atoms in total. The molecular formula is C25H36O6. The standard InChI is InChI=1S/C25H36O6/c1-20(2)14-8-12-22(4)15(21(14,3)11-10-16(20)26)9-13-23(5)17(27)24(6,30)18(28)25(22,23)19(29)31-7/h14-15,30H,8-13H2,1-7H3/t14-,15+,21-,22+,23+,24+,25-/m1/s1.